The van der Waals surface area contributed by atoms with E-state index in [4.69, 9.17) is 0 Å². The molecule has 47 heavy (non-hydrogen) atoms. The van der Waals surface area contributed by atoms with E-state index >= 15 is 0 Å². The molecule has 0 N–H and O–H groups in total. The van der Waals surface area contributed by atoms with Gasteiger partial charge in [0.25, 0.3) is 0 Å². The van der Waals surface area contributed by atoms with E-state index in [0.29, 0.717) is 0 Å². The van der Waals surface area contributed by atoms with Crippen LogP contribution in [0.1, 0.15) is 245 Å². The molecule has 0 aromatic heterocycles. The summed E-state index contributed by atoms with van der Waals surface area (Å²) in [6, 6.07) is 0. The van der Waals surface area contributed by atoms with Crippen molar-refractivity contribution in [1.82, 2.24) is 0 Å². The molecule has 2 rings (SSSR count). The Labute approximate surface area is 308 Å². The van der Waals surface area contributed by atoms with E-state index in [9.17, 15) is 0 Å². The van der Waals surface area contributed by atoms with Crippen LogP contribution in [0.5, 0.6) is 0 Å². The summed E-state index contributed by atoms with van der Waals surface area (Å²) in [5.41, 5.74) is 3.53. The zero-order chi connectivity index (χ0) is 33.3. The molecule has 2 aliphatic rings. The zero-order valence-electron chi connectivity index (χ0n) is 32.3. The predicted molar refractivity (Wildman–Crippen MR) is 210 cm³/mol. The second-order valence-electron chi connectivity index (χ2n) is 15.5. The van der Waals surface area contributed by atoms with Gasteiger partial charge in [0.2, 0.25) is 0 Å². The summed E-state index contributed by atoms with van der Waals surface area (Å²) in [6.45, 7) is 4.62. The van der Waals surface area contributed by atoms with Crippen molar-refractivity contribution in [2.75, 3.05) is 0 Å². The van der Waals surface area contributed by atoms with Crippen LogP contribution in [0.3, 0.4) is 0 Å². The molecule has 0 spiro atoms. The molecular weight excluding hydrogens is 644 g/mol. The first kappa shape index (κ1) is 43.0. The number of unbranched alkanes of at least 4 members (excludes halogenated alkanes) is 30. The third kappa shape index (κ3) is 24.6. The Kier molecular flexibility index (Phi) is 30.2. The van der Waals surface area contributed by atoms with Gasteiger partial charge in [-0.05, 0) is 0 Å². The van der Waals surface area contributed by atoms with Crippen LogP contribution in [-0.2, 0) is 23.2 Å². The molecule has 0 saturated carbocycles. The average Bonchev–Trinajstić information content (AvgIpc) is 3.73. The number of rotatable bonds is 36. The van der Waals surface area contributed by atoms with Crippen LogP contribution >= 0.6 is 0 Å². The molecule has 0 aliphatic heterocycles. The molecule has 0 aromatic carbocycles. The molecule has 0 atom stereocenters. The molecule has 2 aliphatic carbocycles. The molecule has 0 fully saturated rings. The first-order valence-corrected chi connectivity index (χ1v) is 24.3. The normalized spacial score (nSPS) is 14.4. The summed E-state index contributed by atoms with van der Waals surface area (Å²) in [6.07, 6.45) is 62.1. The number of hydrogen-bond acceptors (Lipinski definition) is 0. The summed E-state index contributed by atoms with van der Waals surface area (Å²) < 4.78 is 3.83. The summed E-state index contributed by atoms with van der Waals surface area (Å²) in [4.78, 5) is 0. The molecular formula is C46H82Zr. The van der Waals surface area contributed by atoms with Crippen molar-refractivity contribution in [2.45, 2.75) is 245 Å². The van der Waals surface area contributed by atoms with Crippen LogP contribution in [-0.4, -0.2) is 0 Å². The van der Waals surface area contributed by atoms with Crippen LogP contribution in [0, 0.1) is 0 Å². The van der Waals surface area contributed by atoms with Crippen LogP contribution in [0.4, 0.5) is 0 Å². The molecule has 0 saturated heterocycles. The van der Waals surface area contributed by atoms with Gasteiger partial charge < -0.3 is 0 Å². The summed E-state index contributed by atoms with van der Waals surface area (Å²) in [5, 5.41) is 0. The van der Waals surface area contributed by atoms with Crippen LogP contribution in [0.25, 0.3) is 0 Å². The molecule has 1 heteroatoms. The molecule has 0 unspecified atom stereocenters. The van der Waals surface area contributed by atoms with Gasteiger partial charge >= 0.3 is 207 Å². The Balaban J connectivity index is 1.42. The van der Waals surface area contributed by atoms with E-state index < -0.39 is 23.2 Å². The van der Waals surface area contributed by atoms with Gasteiger partial charge in [-0.1, -0.05) is 104 Å². The third-order valence-corrected chi connectivity index (χ3v) is 15.0. The van der Waals surface area contributed by atoms with E-state index in [2.05, 4.69) is 38.2 Å². The fraction of sp³-hybridized carbons (Fsp3) is 0.826. The second-order valence-corrected chi connectivity index (χ2v) is 19.0. The zero-order valence-corrected chi connectivity index (χ0v) is 34.7. The van der Waals surface area contributed by atoms with E-state index in [-0.39, 0.29) is 0 Å². The quantitative estimate of drug-likeness (QED) is 0.0564. The second kappa shape index (κ2) is 33.0. The van der Waals surface area contributed by atoms with Crippen molar-refractivity contribution in [3.63, 3.8) is 0 Å². The first-order valence-electron chi connectivity index (χ1n) is 21.9. The van der Waals surface area contributed by atoms with Crippen molar-refractivity contribution in [3.05, 3.63) is 42.0 Å². The minimum absolute atomic E-state index is 0.563. The fourth-order valence-electron chi connectivity index (χ4n) is 7.74. The van der Waals surface area contributed by atoms with Gasteiger partial charge in [-0.2, -0.15) is 0 Å². The van der Waals surface area contributed by atoms with E-state index in [0.717, 1.165) is 0 Å². The Hall–Kier alpha value is -0.157. The van der Waals surface area contributed by atoms with Gasteiger partial charge in [0, 0.05) is 0 Å². The summed E-state index contributed by atoms with van der Waals surface area (Å²) in [7, 11) is 0. The first-order chi connectivity index (χ1) is 23.3. The minimum atomic E-state index is -0.563. The third-order valence-electron chi connectivity index (χ3n) is 11.0. The molecule has 0 heterocycles. The van der Waals surface area contributed by atoms with E-state index in [1.165, 1.54) is 231 Å². The fourth-order valence-corrected chi connectivity index (χ4v) is 11.5. The number of hydrogen-bond donors (Lipinski definition) is 0. The van der Waals surface area contributed by atoms with Crippen molar-refractivity contribution >= 4 is 0 Å². The molecule has 0 bridgehead atoms. The van der Waals surface area contributed by atoms with Gasteiger partial charge in [-0.25, -0.2) is 0 Å². The van der Waals surface area contributed by atoms with Gasteiger partial charge in [0.05, 0.1) is 0 Å². The topological polar surface area (TPSA) is 0 Å². The van der Waals surface area contributed by atoms with Gasteiger partial charge in [0.1, 0.15) is 0 Å². The maximum atomic E-state index is 2.51. The monoisotopic (exact) mass is 725 g/mol. The predicted octanol–water partition coefficient (Wildman–Crippen LogP) is 16.8. The van der Waals surface area contributed by atoms with Crippen molar-refractivity contribution in [2.24, 2.45) is 0 Å². The molecule has 0 aromatic rings. The van der Waals surface area contributed by atoms with Gasteiger partial charge in [-0.3, -0.25) is 0 Å². The molecule has 0 radical (unpaired) electrons. The Bertz CT molecular complexity index is 758. The maximum absolute atomic E-state index is 2.51. The van der Waals surface area contributed by atoms with Crippen molar-refractivity contribution in [3.8, 4) is 0 Å². The van der Waals surface area contributed by atoms with Gasteiger partial charge in [-0.15, -0.1) is 0 Å². The van der Waals surface area contributed by atoms with E-state index in [1.807, 2.05) is 6.56 Å². The molecule has 270 valence electrons. The van der Waals surface area contributed by atoms with Crippen molar-refractivity contribution in [1.29, 1.82) is 0 Å². The molecule has 0 amide bonds. The summed E-state index contributed by atoms with van der Waals surface area (Å²) >= 11 is -0.563. The summed E-state index contributed by atoms with van der Waals surface area (Å²) in [5.74, 6) is 0. The average molecular weight is 726 g/mol. The Morgan fingerprint density at radius 3 is 0.830 bits per heavy atom. The van der Waals surface area contributed by atoms with Gasteiger partial charge in [0.15, 0.2) is 0 Å². The van der Waals surface area contributed by atoms with Crippen LogP contribution in [0.2, 0.25) is 0 Å². The standard InChI is InChI=1S/2C23H41.Zr/c2*1-2-3-4-5-6-7-8-9-10-11-12-13-14-15-16-17-20-23-21-18-19-22-23;/h2*18,21H,2-17,19-20H2,1H3;. The van der Waals surface area contributed by atoms with Crippen molar-refractivity contribution < 1.29 is 23.2 Å². The van der Waals surface area contributed by atoms with E-state index in [1.54, 1.807) is 11.1 Å². The Morgan fingerprint density at radius 1 is 0.340 bits per heavy atom. The SMILES string of the molecule is CCCCCCCCCCCCCCCCCCC1=[C]([Zr][C]2=C(CCCCCCCCCCCCCCCCCC)C=CC2)CC=C1. The van der Waals surface area contributed by atoms with Crippen LogP contribution in [0.15, 0.2) is 42.0 Å². The van der Waals surface area contributed by atoms with Crippen LogP contribution < -0.4 is 0 Å². The number of allylic oxidation sites excluding steroid dienone is 8. The Morgan fingerprint density at radius 2 is 0.574 bits per heavy atom. The molecule has 0 nitrogen and oxygen atoms in total.